The molecular weight excluding hydrogens is 498 g/mol. The fourth-order valence-corrected chi connectivity index (χ4v) is 5.87. The first kappa shape index (κ1) is 24.2. The second-order valence-corrected chi connectivity index (χ2v) is 9.92. The molecule has 0 spiro atoms. The van der Waals surface area contributed by atoms with Crippen molar-refractivity contribution in [3.05, 3.63) is 162 Å². The van der Waals surface area contributed by atoms with Gasteiger partial charge >= 0.3 is 0 Å². The third kappa shape index (κ3) is 3.97. The minimum absolute atomic E-state index is 0.473. The van der Waals surface area contributed by atoms with E-state index in [-0.39, 0.29) is 0 Å². The summed E-state index contributed by atoms with van der Waals surface area (Å²) in [4.78, 5) is 7.63. The standard InChI is InChI=1S/C38H23N3/c1-39-33-20-13-21-34(40-2)37(33)28-24-31(26-14-5-3-6-15-26)38(32(25-28)27-16-7-4-8-17-27)41-35-22-11-9-18-29(35)30-19-10-12-23-36(30)41/h3-25H. The summed E-state index contributed by atoms with van der Waals surface area (Å²) in [6, 6.07) is 47.5. The van der Waals surface area contributed by atoms with E-state index >= 15 is 0 Å². The van der Waals surface area contributed by atoms with Crippen molar-refractivity contribution < 1.29 is 0 Å². The molecular formula is C38H23N3. The molecule has 3 heteroatoms. The Kier molecular flexibility index (Phi) is 5.90. The molecule has 7 rings (SSSR count). The van der Waals surface area contributed by atoms with E-state index in [4.69, 9.17) is 13.1 Å². The lowest BCUT2D eigenvalue weighted by molar-refractivity contribution is 1.18. The summed E-state index contributed by atoms with van der Waals surface area (Å²) >= 11 is 0. The largest absolute Gasteiger partial charge is 0.308 e. The third-order valence-corrected chi connectivity index (χ3v) is 7.63. The Balaban J connectivity index is 1.70. The average Bonchev–Trinajstić information content (AvgIpc) is 3.38. The first-order valence-corrected chi connectivity index (χ1v) is 13.4. The molecule has 0 radical (unpaired) electrons. The molecule has 0 aliphatic rings. The maximum Gasteiger partial charge on any atom is 0.184 e. The molecule has 0 unspecified atom stereocenters. The predicted molar refractivity (Wildman–Crippen MR) is 170 cm³/mol. The van der Waals surface area contributed by atoms with Gasteiger partial charge in [0.15, 0.2) is 11.4 Å². The lowest BCUT2D eigenvalue weighted by Crippen LogP contribution is -2.01. The van der Waals surface area contributed by atoms with Crippen LogP contribution in [0.15, 0.2) is 140 Å². The highest BCUT2D eigenvalue weighted by Gasteiger charge is 2.22. The second kappa shape index (κ2) is 10.0. The molecule has 0 atom stereocenters. The number of nitrogens with zero attached hydrogens (tertiary/aromatic N) is 3. The highest BCUT2D eigenvalue weighted by atomic mass is 15.0. The van der Waals surface area contributed by atoms with Crippen LogP contribution < -0.4 is 0 Å². The topological polar surface area (TPSA) is 13.7 Å². The van der Waals surface area contributed by atoms with Gasteiger partial charge in [0.1, 0.15) is 0 Å². The Bertz CT molecular complexity index is 2010. The minimum Gasteiger partial charge on any atom is -0.308 e. The Morgan fingerprint density at radius 2 is 0.878 bits per heavy atom. The zero-order chi connectivity index (χ0) is 27.8. The minimum atomic E-state index is 0.473. The fraction of sp³-hybridized carbons (Fsp3) is 0. The quantitative estimate of drug-likeness (QED) is 0.204. The maximum atomic E-state index is 7.90. The summed E-state index contributed by atoms with van der Waals surface area (Å²) in [5, 5.41) is 2.39. The van der Waals surface area contributed by atoms with Crippen LogP contribution in [0.5, 0.6) is 0 Å². The van der Waals surface area contributed by atoms with Crippen LogP contribution in [0.25, 0.3) is 70.6 Å². The fourth-order valence-electron chi connectivity index (χ4n) is 5.87. The zero-order valence-corrected chi connectivity index (χ0v) is 22.1. The van der Waals surface area contributed by atoms with Gasteiger partial charge in [-0.2, -0.15) is 0 Å². The van der Waals surface area contributed by atoms with Crippen molar-refractivity contribution >= 4 is 33.2 Å². The molecule has 1 aromatic heterocycles. The smallest absolute Gasteiger partial charge is 0.184 e. The molecule has 190 valence electrons. The Hall–Kier alpha value is -5.90. The summed E-state index contributed by atoms with van der Waals surface area (Å²) in [6.07, 6.45) is 0. The van der Waals surface area contributed by atoms with Crippen molar-refractivity contribution in [2.75, 3.05) is 0 Å². The van der Waals surface area contributed by atoms with Crippen LogP contribution in [0.2, 0.25) is 0 Å². The normalized spacial score (nSPS) is 10.9. The average molecular weight is 522 g/mol. The van der Waals surface area contributed by atoms with E-state index in [0.29, 0.717) is 16.9 Å². The third-order valence-electron chi connectivity index (χ3n) is 7.63. The highest BCUT2D eigenvalue weighted by molar-refractivity contribution is 6.11. The van der Waals surface area contributed by atoms with E-state index in [1.807, 2.05) is 12.1 Å². The Morgan fingerprint density at radius 1 is 0.439 bits per heavy atom. The van der Waals surface area contributed by atoms with Crippen LogP contribution in [0.1, 0.15) is 0 Å². The molecule has 0 aliphatic carbocycles. The Morgan fingerprint density at radius 3 is 1.34 bits per heavy atom. The summed E-state index contributed by atoms with van der Waals surface area (Å²) in [5.74, 6) is 0. The van der Waals surface area contributed by atoms with Crippen molar-refractivity contribution in [3.63, 3.8) is 0 Å². The van der Waals surface area contributed by atoms with Gasteiger partial charge in [0, 0.05) is 21.9 Å². The van der Waals surface area contributed by atoms with Gasteiger partial charge in [-0.05, 0) is 46.5 Å². The molecule has 6 aromatic carbocycles. The van der Waals surface area contributed by atoms with Crippen LogP contribution in [0, 0.1) is 13.1 Å². The molecule has 1 heterocycles. The monoisotopic (exact) mass is 521 g/mol. The molecule has 0 amide bonds. The lowest BCUT2D eigenvalue weighted by Gasteiger charge is -2.22. The van der Waals surface area contributed by atoms with Gasteiger partial charge in [0.25, 0.3) is 0 Å². The van der Waals surface area contributed by atoms with Crippen LogP contribution in [-0.2, 0) is 0 Å². The second-order valence-electron chi connectivity index (χ2n) is 9.92. The summed E-state index contributed by atoms with van der Waals surface area (Å²) < 4.78 is 2.37. The lowest BCUT2D eigenvalue weighted by atomic mass is 9.89. The number of aromatic nitrogens is 1. The van der Waals surface area contributed by atoms with Crippen LogP contribution in [0.3, 0.4) is 0 Å². The molecule has 0 saturated heterocycles. The van der Waals surface area contributed by atoms with Crippen LogP contribution >= 0.6 is 0 Å². The maximum absolute atomic E-state index is 7.90. The number of hydrogen-bond acceptors (Lipinski definition) is 0. The van der Waals surface area contributed by atoms with Gasteiger partial charge in [0.05, 0.1) is 29.9 Å². The molecule has 0 fully saturated rings. The van der Waals surface area contributed by atoms with E-state index in [1.165, 1.54) is 10.8 Å². The summed E-state index contributed by atoms with van der Waals surface area (Å²) in [6.45, 7) is 15.8. The van der Waals surface area contributed by atoms with Gasteiger partial charge in [-0.1, -0.05) is 115 Å². The van der Waals surface area contributed by atoms with Gasteiger partial charge < -0.3 is 4.57 Å². The summed E-state index contributed by atoms with van der Waals surface area (Å²) in [5.41, 5.74) is 9.97. The zero-order valence-electron chi connectivity index (χ0n) is 22.1. The van der Waals surface area contributed by atoms with Crippen molar-refractivity contribution in [1.82, 2.24) is 4.57 Å². The van der Waals surface area contributed by atoms with E-state index in [1.54, 1.807) is 18.2 Å². The van der Waals surface area contributed by atoms with Crippen LogP contribution in [-0.4, -0.2) is 4.57 Å². The first-order chi connectivity index (χ1) is 20.3. The first-order valence-electron chi connectivity index (χ1n) is 13.4. The summed E-state index contributed by atoms with van der Waals surface area (Å²) in [7, 11) is 0. The molecule has 0 bridgehead atoms. The van der Waals surface area contributed by atoms with Crippen molar-refractivity contribution in [2.45, 2.75) is 0 Å². The highest BCUT2D eigenvalue weighted by Crippen LogP contribution is 2.47. The van der Waals surface area contributed by atoms with Gasteiger partial charge in [-0.25, -0.2) is 9.69 Å². The molecule has 0 saturated carbocycles. The van der Waals surface area contributed by atoms with E-state index in [9.17, 15) is 0 Å². The van der Waals surface area contributed by atoms with Gasteiger partial charge in [0.2, 0.25) is 0 Å². The predicted octanol–water partition coefficient (Wildman–Crippen LogP) is 10.9. The van der Waals surface area contributed by atoms with Gasteiger partial charge in [-0.3, -0.25) is 0 Å². The number of para-hydroxylation sites is 2. The Labute approximate surface area is 238 Å². The molecule has 7 aromatic rings. The number of fused-ring (bicyclic) bond motifs is 3. The number of hydrogen-bond donors (Lipinski definition) is 0. The number of benzene rings is 6. The molecule has 3 nitrogen and oxygen atoms in total. The molecule has 0 aliphatic heterocycles. The van der Waals surface area contributed by atoms with Crippen molar-refractivity contribution in [1.29, 1.82) is 0 Å². The van der Waals surface area contributed by atoms with E-state index in [0.717, 1.165) is 44.5 Å². The molecule has 0 N–H and O–H groups in total. The number of rotatable bonds is 4. The molecule has 41 heavy (non-hydrogen) atoms. The SMILES string of the molecule is [C-]#[N+]c1cccc([N+]#[C-])c1-c1cc(-c2ccccc2)c(-n2c3ccccc3c3ccccc32)c(-c2ccccc2)c1. The van der Waals surface area contributed by atoms with Crippen molar-refractivity contribution in [3.8, 4) is 39.1 Å². The van der Waals surface area contributed by atoms with E-state index in [2.05, 4.69) is 123 Å². The van der Waals surface area contributed by atoms with Crippen molar-refractivity contribution in [2.24, 2.45) is 0 Å². The van der Waals surface area contributed by atoms with Gasteiger partial charge in [-0.15, -0.1) is 0 Å². The van der Waals surface area contributed by atoms with Crippen LogP contribution in [0.4, 0.5) is 11.4 Å². The van der Waals surface area contributed by atoms with E-state index < -0.39 is 0 Å².